The molecule has 2 N–H and O–H groups in total. The van der Waals surface area contributed by atoms with E-state index >= 15 is 0 Å². The van der Waals surface area contributed by atoms with E-state index in [0.29, 0.717) is 12.3 Å². The fourth-order valence-electron chi connectivity index (χ4n) is 6.09. The fourth-order valence-corrected chi connectivity index (χ4v) is 6.09. The summed E-state index contributed by atoms with van der Waals surface area (Å²) in [5.74, 6) is 4.85. The Morgan fingerprint density at radius 2 is 1.23 bits per heavy atom. The minimum absolute atomic E-state index is 0.507. The normalized spacial score (nSPS) is 34.7. The Kier molecular flexibility index (Phi) is 12.7. The van der Waals surface area contributed by atoms with Crippen molar-refractivity contribution in [2.45, 2.75) is 116 Å². The van der Waals surface area contributed by atoms with Crippen LogP contribution in [0.3, 0.4) is 0 Å². The number of aldehydes is 1. The van der Waals surface area contributed by atoms with E-state index in [9.17, 15) is 0 Å². The van der Waals surface area contributed by atoms with Crippen LogP contribution in [0.15, 0.2) is 24.8 Å². The molecule has 2 heteroatoms. The van der Waals surface area contributed by atoms with Crippen molar-refractivity contribution in [1.29, 1.82) is 0 Å². The van der Waals surface area contributed by atoms with Crippen molar-refractivity contribution in [2.24, 2.45) is 35.3 Å². The molecule has 0 radical (unpaired) electrons. The quantitative estimate of drug-likeness (QED) is 0.192. The zero-order valence-corrected chi connectivity index (χ0v) is 19.8. The molecule has 0 aromatic carbocycles. The Morgan fingerprint density at radius 3 is 1.70 bits per heavy atom. The highest BCUT2D eigenvalue weighted by Crippen LogP contribution is 2.40. The van der Waals surface area contributed by atoms with Crippen LogP contribution in [-0.2, 0) is 4.79 Å². The maximum Gasteiger partial charge on any atom is 0.142 e. The van der Waals surface area contributed by atoms with Crippen LogP contribution in [0, 0.1) is 29.6 Å². The molecule has 0 heterocycles. The van der Waals surface area contributed by atoms with Gasteiger partial charge in [0.05, 0.1) is 0 Å². The molecular weight excluding hydrogens is 366 g/mol. The molecule has 0 aromatic heterocycles. The second kappa shape index (κ2) is 15.0. The zero-order valence-electron chi connectivity index (χ0n) is 19.8. The second-order valence-corrected chi connectivity index (χ2v) is 10.4. The Balaban J connectivity index is 0.000000735. The van der Waals surface area contributed by atoms with Gasteiger partial charge in [0, 0.05) is 6.04 Å². The number of hydrogen-bond acceptors (Lipinski definition) is 2. The van der Waals surface area contributed by atoms with Crippen molar-refractivity contribution >= 4 is 6.29 Å². The fraction of sp³-hybridized carbons (Fsp3) is 0.821. The lowest BCUT2D eigenvalue weighted by atomic mass is 9.70. The van der Waals surface area contributed by atoms with Crippen molar-refractivity contribution in [1.82, 2.24) is 0 Å². The molecule has 2 nitrogen and oxygen atoms in total. The first kappa shape index (κ1) is 25.4. The first-order valence-electron chi connectivity index (χ1n) is 13.2. The van der Waals surface area contributed by atoms with Gasteiger partial charge in [0.2, 0.25) is 0 Å². The molecule has 3 aliphatic rings. The van der Waals surface area contributed by atoms with Crippen molar-refractivity contribution in [3.8, 4) is 0 Å². The van der Waals surface area contributed by atoms with Crippen LogP contribution in [0.4, 0.5) is 0 Å². The summed E-state index contributed by atoms with van der Waals surface area (Å²) in [5.41, 5.74) is 6.09. The average Bonchev–Trinajstić information content (AvgIpc) is 2.80. The van der Waals surface area contributed by atoms with Gasteiger partial charge in [-0.2, -0.15) is 0 Å². The van der Waals surface area contributed by atoms with E-state index in [1.807, 2.05) is 0 Å². The van der Waals surface area contributed by atoms with Gasteiger partial charge in [-0.3, -0.25) is 4.79 Å². The second-order valence-electron chi connectivity index (χ2n) is 10.4. The van der Waals surface area contributed by atoms with Crippen LogP contribution in [-0.4, -0.2) is 12.3 Å². The smallest absolute Gasteiger partial charge is 0.142 e. The van der Waals surface area contributed by atoms with Crippen molar-refractivity contribution in [3.63, 3.8) is 0 Å². The van der Waals surface area contributed by atoms with Gasteiger partial charge < -0.3 is 5.73 Å². The van der Waals surface area contributed by atoms with Crippen LogP contribution in [0.5, 0.6) is 0 Å². The van der Waals surface area contributed by atoms with Gasteiger partial charge in [0.1, 0.15) is 6.29 Å². The predicted octanol–water partition coefficient (Wildman–Crippen LogP) is 7.62. The van der Waals surface area contributed by atoms with Gasteiger partial charge in [-0.05, 0) is 113 Å². The minimum Gasteiger partial charge on any atom is -0.328 e. The number of carbonyl (C=O) groups excluding carboxylic acids is 1. The van der Waals surface area contributed by atoms with Crippen LogP contribution in [0.25, 0.3) is 0 Å². The van der Waals surface area contributed by atoms with Crippen LogP contribution < -0.4 is 5.73 Å². The Morgan fingerprint density at radius 1 is 0.767 bits per heavy atom. The number of rotatable bonds is 8. The SMILES string of the molecule is C=CC=O.CCCCCC1CCC(/C=C/C2CCC(C3CCC(N)CC3)CC2)CC1. The minimum atomic E-state index is 0.507. The lowest BCUT2D eigenvalue weighted by Gasteiger charge is -2.36. The molecule has 30 heavy (non-hydrogen) atoms. The summed E-state index contributed by atoms with van der Waals surface area (Å²) in [6.07, 6.45) is 30.1. The molecule has 0 bridgehead atoms. The molecule has 0 saturated heterocycles. The van der Waals surface area contributed by atoms with E-state index < -0.39 is 0 Å². The van der Waals surface area contributed by atoms with Gasteiger partial charge in [0.25, 0.3) is 0 Å². The van der Waals surface area contributed by atoms with E-state index in [1.165, 1.54) is 109 Å². The van der Waals surface area contributed by atoms with E-state index in [4.69, 9.17) is 10.5 Å². The maximum absolute atomic E-state index is 9.06. The highest BCUT2D eigenvalue weighted by Gasteiger charge is 2.29. The highest BCUT2D eigenvalue weighted by atomic mass is 16.1. The lowest BCUT2D eigenvalue weighted by molar-refractivity contribution is -0.104. The standard InChI is InChI=1S/C25H45N.C3H4O/c1-2-3-4-5-20-6-8-21(9-7-20)10-11-22-12-14-23(15-13-22)24-16-18-25(26)19-17-24;1-2-3-4/h10-11,20-25H,2-9,12-19,26H2,1H3;2-3H,1H2/b11-10+;. The third kappa shape index (κ3) is 9.50. The molecule has 3 aliphatic carbocycles. The summed E-state index contributed by atoms with van der Waals surface area (Å²) in [4.78, 5) is 9.06. The first-order chi connectivity index (χ1) is 14.7. The maximum atomic E-state index is 9.06. The molecule has 0 spiro atoms. The molecule has 0 amide bonds. The van der Waals surface area contributed by atoms with Crippen molar-refractivity contribution in [3.05, 3.63) is 24.8 Å². The molecule has 0 aliphatic heterocycles. The molecule has 0 unspecified atom stereocenters. The summed E-state index contributed by atoms with van der Waals surface area (Å²) in [5, 5.41) is 0. The number of unbranched alkanes of at least 4 members (excludes halogenated alkanes) is 2. The molecule has 0 aromatic rings. The van der Waals surface area contributed by atoms with Crippen LogP contribution in [0.1, 0.15) is 110 Å². The predicted molar refractivity (Wildman–Crippen MR) is 130 cm³/mol. The Labute approximate surface area is 187 Å². The summed E-state index contributed by atoms with van der Waals surface area (Å²) in [7, 11) is 0. The third-order valence-corrected chi connectivity index (χ3v) is 8.16. The zero-order chi connectivity index (χ0) is 21.6. The van der Waals surface area contributed by atoms with E-state index in [0.717, 1.165) is 29.6 Å². The average molecular weight is 416 g/mol. The van der Waals surface area contributed by atoms with Gasteiger partial charge in [-0.15, -0.1) is 0 Å². The topological polar surface area (TPSA) is 43.1 Å². The van der Waals surface area contributed by atoms with E-state index in [-0.39, 0.29) is 0 Å². The Hall–Kier alpha value is -0.890. The summed E-state index contributed by atoms with van der Waals surface area (Å²) in [6, 6.07) is 0.507. The van der Waals surface area contributed by atoms with Crippen LogP contribution in [0.2, 0.25) is 0 Å². The van der Waals surface area contributed by atoms with Gasteiger partial charge in [-0.1, -0.05) is 51.3 Å². The molecule has 0 atom stereocenters. The number of carbonyl (C=O) groups is 1. The van der Waals surface area contributed by atoms with Gasteiger partial charge in [-0.25, -0.2) is 0 Å². The Bertz CT molecular complexity index is 469. The van der Waals surface area contributed by atoms with Crippen molar-refractivity contribution < 1.29 is 4.79 Å². The van der Waals surface area contributed by atoms with Crippen molar-refractivity contribution in [2.75, 3.05) is 0 Å². The molecular formula is C28H49NO. The number of allylic oxidation sites excluding steroid dienone is 3. The van der Waals surface area contributed by atoms with Gasteiger partial charge in [0.15, 0.2) is 0 Å². The summed E-state index contributed by atoms with van der Waals surface area (Å²) < 4.78 is 0. The lowest BCUT2D eigenvalue weighted by Crippen LogP contribution is -2.31. The first-order valence-corrected chi connectivity index (χ1v) is 13.2. The summed E-state index contributed by atoms with van der Waals surface area (Å²) in [6.45, 7) is 5.43. The molecule has 3 fully saturated rings. The number of nitrogens with two attached hydrogens (primary N) is 1. The molecule has 3 saturated carbocycles. The monoisotopic (exact) mass is 415 g/mol. The van der Waals surface area contributed by atoms with E-state index in [1.54, 1.807) is 0 Å². The third-order valence-electron chi connectivity index (χ3n) is 8.16. The number of hydrogen-bond donors (Lipinski definition) is 1. The van der Waals surface area contributed by atoms with Gasteiger partial charge >= 0.3 is 0 Å². The molecule has 3 rings (SSSR count). The largest absolute Gasteiger partial charge is 0.328 e. The van der Waals surface area contributed by atoms with E-state index in [2.05, 4.69) is 25.7 Å². The summed E-state index contributed by atoms with van der Waals surface area (Å²) >= 11 is 0. The highest BCUT2D eigenvalue weighted by molar-refractivity contribution is 5.63. The van der Waals surface area contributed by atoms with Crippen LogP contribution >= 0.6 is 0 Å². The molecule has 172 valence electrons.